The van der Waals surface area contributed by atoms with Gasteiger partial charge in [0.05, 0.1) is 17.2 Å². The van der Waals surface area contributed by atoms with E-state index in [1.165, 1.54) is 0 Å². The van der Waals surface area contributed by atoms with Crippen molar-refractivity contribution < 1.29 is 0 Å². The molecular formula is C7H12BrN3. The van der Waals surface area contributed by atoms with E-state index in [4.69, 9.17) is 0 Å². The molecule has 0 atom stereocenters. The summed E-state index contributed by atoms with van der Waals surface area (Å²) in [4.78, 5) is 0. The smallest absolute Gasteiger partial charge is 0.0632 e. The molecular weight excluding hydrogens is 206 g/mol. The van der Waals surface area contributed by atoms with Gasteiger partial charge < -0.3 is 5.32 Å². The molecule has 1 rings (SSSR count). The normalized spacial score (nSPS) is 10.4. The van der Waals surface area contributed by atoms with Crippen LogP contribution >= 0.6 is 15.9 Å². The van der Waals surface area contributed by atoms with Crippen LogP contribution in [0.4, 0.5) is 0 Å². The summed E-state index contributed by atoms with van der Waals surface area (Å²) in [5, 5.41) is 7.35. The topological polar surface area (TPSA) is 29.9 Å². The first-order chi connectivity index (χ1) is 5.33. The molecule has 1 heterocycles. The van der Waals surface area contributed by atoms with Gasteiger partial charge in [0, 0.05) is 12.7 Å². The lowest BCUT2D eigenvalue weighted by molar-refractivity contribution is 0.565. The molecule has 0 bridgehead atoms. The Morgan fingerprint density at radius 1 is 1.73 bits per heavy atom. The fourth-order valence-electron chi connectivity index (χ4n) is 0.831. The van der Waals surface area contributed by atoms with Crippen molar-refractivity contribution in [3.8, 4) is 0 Å². The van der Waals surface area contributed by atoms with Crippen molar-refractivity contribution >= 4 is 15.9 Å². The predicted molar refractivity (Wildman–Crippen MR) is 48.5 cm³/mol. The van der Waals surface area contributed by atoms with Crippen LogP contribution in [0, 0.1) is 0 Å². The number of rotatable bonds is 4. The fourth-order valence-corrected chi connectivity index (χ4v) is 1.16. The highest BCUT2D eigenvalue weighted by atomic mass is 79.9. The maximum Gasteiger partial charge on any atom is 0.0632 e. The Kier molecular flexibility index (Phi) is 3.59. The lowest BCUT2D eigenvalue weighted by Gasteiger charge is -2.00. The van der Waals surface area contributed by atoms with E-state index < -0.39 is 0 Å². The molecule has 0 aliphatic rings. The number of nitrogens with one attached hydrogen (secondary N) is 1. The van der Waals surface area contributed by atoms with Crippen molar-refractivity contribution in [3.63, 3.8) is 0 Å². The van der Waals surface area contributed by atoms with Crippen LogP contribution in [0.1, 0.15) is 6.92 Å². The van der Waals surface area contributed by atoms with Crippen molar-refractivity contribution in [1.82, 2.24) is 15.1 Å². The second-order valence-electron chi connectivity index (χ2n) is 2.28. The van der Waals surface area contributed by atoms with Gasteiger partial charge in [-0.25, -0.2) is 0 Å². The number of nitrogens with zero attached hydrogens (tertiary/aromatic N) is 2. The molecule has 3 nitrogen and oxygen atoms in total. The van der Waals surface area contributed by atoms with Crippen LogP contribution in [0.25, 0.3) is 0 Å². The Hall–Kier alpha value is -0.350. The zero-order chi connectivity index (χ0) is 8.10. The molecule has 0 saturated heterocycles. The molecule has 0 amide bonds. The Morgan fingerprint density at radius 3 is 3.09 bits per heavy atom. The molecule has 0 saturated carbocycles. The lowest BCUT2D eigenvalue weighted by Crippen LogP contribution is -2.19. The second-order valence-corrected chi connectivity index (χ2v) is 3.19. The van der Waals surface area contributed by atoms with Crippen molar-refractivity contribution in [2.24, 2.45) is 0 Å². The molecule has 0 unspecified atom stereocenters. The van der Waals surface area contributed by atoms with Crippen LogP contribution in [0.3, 0.4) is 0 Å². The summed E-state index contributed by atoms with van der Waals surface area (Å²) in [5.41, 5.74) is 0. The van der Waals surface area contributed by atoms with Gasteiger partial charge in [0.2, 0.25) is 0 Å². The quantitative estimate of drug-likeness (QED) is 0.771. The number of hydrogen-bond acceptors (Lipinski definition) is 2. The van der Waals surface area contributed by atoms with E-state index in [0.29, 0.717) is 0 Å². The molecule has 0 spiro atoms. The van der Waals surface area contributed by atoms with Gasteiger partial charge in [-0.05, 0) is 22.5 Å². The standard InChI is InChI=1S/C7H12BrN3/c1-2-9-3-4-11-6-7(8)5-10-11/h5-6,9H,2-4H2,1H3. The number of hydrogen-bond donors (Lipinski definition) is 1. The summed E-state index contributed by atoms with van der Waals surface area (Å²) in [6.45, 7) is 5.02. The summed E-state index contributed by atoms with van der Waals surface area (Å²) < 4.78 is 2.95. The number of aromatic nitrogens is 2. The van der Waals surface area contributed by atoms with Gasteiger partial charge >= 0.3 is 0 Å². The minimum absolute atomic E-state index is 0.930. The molecule has 1 aromatic rings. The number of likely N-dealkylation sites (N-methyl/N-ethyl adjacent to an activating group) is 1. The molecule has 0 radical (unpaired) electrons. The highest BCUT2D eigenvalue weighted by Crippen LogP contribution is 2.05. The molecule has 0 fully saturated rings. The molecule has 1 aromatic heterocycles. The third-order valence-corrected chi connectivity index (χ3v) is 1.78. The average molecular weight is 218 g/mol. The minimum Gasteiger partial charge on any atom is -0.315 e. The van der Waals surface area contributed by atoms with Gasteiger partial charge in [-0.1, -0.05) is 6.92 Å². The Labute approximate surface area is 74.9 Å². The van der Waals surface area contributed by atoms with Gasteiger partial charge in [0.1, 0.15) is 0 Å². The van der Waals surface area contributed by atoms with Crippen LogP contribution < -0.4 is 5.32 Å². The number of halogens is 1. The van der Waals surface area contributed by atoms with E-state index in [-0.39, 0.29) is 0 Å². The largest absolute Gasteiger partial charge is 0.315 e. The first-order valence-corrected chi connectivity index (χ1v) is 4.51. The van der Waals surface area contributed by atoms with Crippen LogP contribution in [0.15, 0.2) is 16.9 Å². The van der Waals surface area contributed by atoms with Gasteiger partial charge in [-0.15, -0.1) is 0 Å². The minimum atomic E-state index is 0.930. The van der Waals surface area contributed by atoms with Gasteiger partial charge in [-0.3, -0.25) is 4.68 Å². The average Bonchev–Trinajstić information content (AvgIpc) is 2.37. The molecule has 0 aliphatic heterocycles. The maximum atomic E-state index is 4.12. The molecule has 62 valence electrons. The monoisotopic (exact) mass is 217 g/mol. The summed E-state index contributed by atoms with van der Waals surface area (Å²) in [7, 11) is 0. The Balaban J connectivity index is 2.27. The summed E-state index contributed by atoms with van der Waals surface area (Å²) in [5.74, 6) is 0. The lowest BCUT2D eigenvalue weighted by atomic mass is 10.6. The third kappa shape index (κ3) is 3.03. The molecule has 0 aliphatic carbocycles. The van der Waals surface area contributed by atoms with E-state index in [2.05, 4.69) is 33.3 Å². The Morgan fingerprint density at radius 2 is 2.55 bits per heavy atom. The molecule has 4 heteroatoms. The van der Waals surface area contributed by atoms with E-state index in [1.54, 1.807) is 6.20 Å². The second kappa shape index (κ2) is 4.51. The zero-order valence-electron chi connectivity index (χ0n) is 6.55. The fraction of sp³-hybridized carbons (Fsp3) is 0.571. The van der Waals surface area contributed by atoms with E-state index in [0.717, 1.165) is 24.1 Å². The summed E-state index contributed by atoms with van der Waals surface area (Å²) in [6.07, 6.45) is 3.77. The molecule has 0 aromatic carbocycles. The predicted octanol–water partition coefficient (Wildman–Crippen LogP) is 1.26. The van der Waals surface area contributed by atoms with Gasteiger partial charge in [-0.2, -0.15) is 5.10 Å². The third-order valence-electron chi connectivity index (χ3n) is 1.37. The van der Waals surface area contributed by atoms with Crippen molar-refractivity contribution in [3.05, 3.63) is 16.9 Å². The van der Waals surface area contributed by atoms with Gasteiger partial charge in [0.15, 0.2) is 0 Å². The first kappa shape index (κ1) is 8.74. The van der Waals surface area contributed by atoms with E-state index in [9.17, 15) is 0 Å². The van der Waals surface area contributed by atoms with Crippen molar-refractivity contribution in [2.75, 3.05) is 13.1 Å². The van der Waals surface area contributed by atoms with Gasteiger partial charge in [0.25, 0.3) is 0 Å². The van der Waals surface area contributed by atoms with Crippen LogP contribution in [-0.4, -0.2) is 22.9 Å². The van der Waals surface area contributed by atoms with Crippen LogP contribution in [0.2, 0.25) is 0 Å². The zero-order valence-corrected chi connectivity index (χ0v) is 8.13. The SMILES string of the molecule is CCNCCn1cc(Br)cn1. The highest BCUT2D eigenvalue weighted by Gasteiger charge is 1.92. The summed E-state index contributed by atoms with van der Waals surface area (Å²) >= 11 is 3.34. The van der Waals surface area contributed by atoms with Crippen LogP contribution in [0.5, 0.6) is 0 Å². The van der Waals surface area contributed by atoms with E-state index >= 15 is 0 Å². The van der Waals surface area contributed by atoms with E-state index in [1.807, 2.05) is 10.9 Å². The molecule has 1 N–H and O–H groups in total. The summed E-state index contributed by atoms with van der Waals surface area (Å²) in [6, 6.07) is 0. The molecule has 11 heavy (non-hydrogen) atoms. The first-order valence-electron chi connectivity index (χ1n) is 3.71. The van der Waals surface area contributed by atoms with Crippen molar-refractivity contribution in [2.45, 2.75) is 13.5 Å². The van der Waals surface area contributed by atoms with Crippen molar-refractivity contribution in [1.29, 1.82) is 0 Å². The Bertz CT molecular complexity index is 209. The van der Waals surface area contributed by atoms with Crippen LogP contribution in [-0.2, 0) is 6.54 Å². The highest BCUT2D eigenvalue weighted by molar-refractivity contribution is 9.10. The maximum absolute atomic E-state index is 4.12.